The predicted octanol–water partition coefficient (Wildman–Crippen LogP) is 7.71. The lowest BCUT2D eigenvalue weighted by atomic mass is 9.79. The molecule has 1 aliphatic carbocycles. The number of benzene rings is 3. The minimum Gasteiger partial charge on any atom is -0.474 e. The van der Waals surface area contributed by atoms with Gasteiger partial charge in [0.2, 0.25) is 5.88 Å². The molecule has 2 aliphatic heterocycles. The van der Waals surface area contributed by atoms with E-state index in [1.165, 1.54) is 23.3 Å². The molecule has 1 saturated carbocycles. The molecular formula is C42H47F3N4O6S. The summed E-state index contributed by atoms with van der Waals surface area (Å²) in [6.07, 6.45) is 1.31. The Morgan fingerprint density at radius 3 is 2.07 bits per heavy atom. The van der Waals surface area contributed by atoms with Gasteiger partial charge in [0, 0.05) is 55.9 Å². The van der Waals surface area contributed by atoms with Crippen LogP contribution >= 0.6 is 0 Å². The summed E-state index contributed by atoms with van der Waals surface area (Å²) in [6, 6.07) is 28.3. The van der Waals surface area contributed by atoms with E-state index in [9.17, 15) is 26.4 Å². The quantitative estimate of drug-likeness (QED) is 0.122. The van der Waals surface area contributed by atoms with Gasteiger partial charge in [0.15, 0.2) is 0 Å². The number of fused-ring (bicyclic) bond motifs is 1. The Labute approximate surface area is 326 Å². The number of anilines is 1. The number of carbonyl (C=O) groups excluding carboxylic acids is 1. The molecule has 2 fully saturated rings. The van der Waals surface area contributed by atoms with Crippen LogP contribution in [0.4, 0.5) is 18.9 Å². The van der Waals surface area contributed by atoms with Crippen molar-refractivity contribution in [1.82, 2.24) is 14.8 Å². The minimum absolute atomic E-state index is 0.0363. The first-order valence-electron chi connectivity index (χ1n) is 18.7. The zero-order valence-corrected chi connectivity index (χ0v) is 32.2. The van der Waals surface area contributed by atoms with Crippen molar-refractivity contribution in [2.24, 2.45) is 0 Å². The third kappa shape index (κ3) is 10.3. The second-order valence-electron chi connectivity index (χ2n) is 14.3. The molecule has 3 aliphatic rings. The van der Waals surface area contributed by atoms with Gasteiger partial charge in [-0.3, -0.25) is 14.4 Å². The second-order valence-corrected chi connectivity index (χ2v) is 15.7. The van der Waals surface area contributed by atoms with Gasteiger partial charge in [0.1, 0.15) is 12.7 Å². The van der Waals surface area contributed by atoms with Crippen LogP contribution in [-0.4, -0.2) is 85.4 Å². The van der Waals surface area contributed by atoms with Crippen molar-refractivity contribution in [1.29, 1.82) is 0 Å². The highest BCUT2D eigenvalue weighted by atomic mass is 32.2. The number of esters is 1. The molecule has 1 atom stereocenters. The van der Waals surface area contributed by atoms with Crippen molar-refractivity contribution < 1.29 is 40.4 Å². The van der Waals surface area contributed by atoms with Crippen molar-refractivity contribution in [2.45, 2.75) is 56.8 Å². The number of nitrogens with one attached hydrogen (secondary N) is 1. The van der Waals surface area contributed by atoms with E-state index < -0.39 is 33.7 Å². The maximum atomic E-state index is 14.5. The molecule has 3 aromatic carbocycles. The molecule has 1 saturated heterocycles. The molecular weight excluding hydrogens is 746 g/mol. The number of allylic oxidation sites excluding steroid dienone is 1. The maximum absolute atomic E-state index is 14.5. The van der Waals surface area contributed by atoms with E-state index >= 15 is 0 Å². The van der Waals surface area contributed by atoms with Crippen molar-refractivity contribution in [2.75, 3.05) is 50.9 Å². The average molecular weight is 793 g/mol. The molecule has 298 valence electrons. The minimum atomic E-state index is -4.64. The lowest BCUT2D eigenvalue weighted by Gasteiger charge is -2.39. The Morgan fingerprint density at radius 2 is 1.48 bits per heavy atom. The summed E-state index contributed by atoms with van der Waals surface area (Å²) in [5.41, 5.74) is 3.19. The van der Waals surface area contributed by atoms with E-state index in [2.05, 4.69) is 68.6 Å². The number of piperazine rings is 1. The van der Waals surface area contributed by atoms with Crippen molar-refractivity contribution >= 4 is 21.8 Å². The number of rotatable bonds is 10. The van der Waals surface area contributed by atoms with Crippen molar-refractivity contribution in [3.8, 4) is 5.88 Å². The van der Waals surface area contributed by atoms with Crippen LogP contribution in [0.1, 0.15) is 72.4 Å². The van der Waals surface area contributed by atoms with Gasteiger partial charge in [-0.15, -0.1) is 0 Å². The van der Waals surface area contributed by atoms with E-state index in [-0.39, 0.29) is 35.8 Å². The van der Waals surface area contributed by atoms with E-state index in [4.69, 9.17) is 14.0 Å². The van der Waals surface area contributed by atoms with Gasteiger partial charge >= 0.3 is 12.1 Å². The Morgan fingerprint density at radius 1 is 0.911 bits per heavy atom. The van der Waals surface area contributed by atoms with Crippen LogP contribution in [0.25, 0.3) is 0 Å². The van der Waals surface area contributed by atoms with Crippen LogP contribution in [0.5, 0.6) is 5.88 Å². The normalized spacial score (nSPS) is 18.2. The van der Waals surface area contributed by atoms with Crippen LogP contribution in [0.3, 0.4) is 0 Å². The van der Waals surface area contributed by atoms with E-state index in [0.717, 1.165) is 57.9 Å². The fraction of sp³-hybridized carbons (Fsp3) is 0.381. The number of alkyl halides is 3. The lowest BCUT2D eigenvalue weighted by Crippen LogP contribution is -2.48. The zero-order valence-electron chi connectivity index (χ0n) is 31.4. The van der Waals surface area contributed by atoms with Gasteiger partial charge in [-0.25, -0.2) is 9.78 Å². The highest BCUT2D eigenvalue weighted by Gasteiger charge is 2.42. The largest absolute Gasteiger partial charge is 0.474 e. The summed E-state index contributed by atoms with van der Waals surface area (Å²) >= 11 is 0. The molecule has 1 aromatic heterocycles. The molecule has 0 bridgehead atoms. The summed E-state index contributed by atoms with van der Waals surface area (Å²) in [5.74, 6) is -1.50. The van der Waals surface area contributed by atoms with Crippen LogP contribution in [0.2, 0.25) is 0 Å². The Kier molecular flexibility index (Phi) is 13.2. The molecule has 4 aromatic rings. The summed E-state index contributed by atoms with van der Waals surface area (Å²) < 4.78 is 81.6. The van der Waals surface area contributed by atoms with E-state index in [0.29, 0.717) is 29.7 Å². The van der Waals surface area contributed by atoms with Crippen LogP contribution in [0, 0.1) is 0 Å². The monoisotopic (exact) mass is 792 g/mol. The first kappa shape index (κ1) is 40.9. The summed E-state index contributed by atoms with van der Waals surface area (Å²) in [7, 11) is -3.67. The summed E-state index contributed by atoms with van der Waals surface area (Å²) in [6.45, 7) is 5.57. The molecule has 10 nitrogen and oxygen atoms in total. The number of carbonyl (C=O) groups is 1. The lowest BCUT2D eigenvalue weighted by molar-refractivity contribution is -0.141. The number of hydrogen-bond acceptors (Lipinski definition) is 9. The summed E-state index contributed by atoms with van der Waals surface area (Å²) in [4.78, 5) is 23.3. The van der Waals surface area contributed by atoms with Crippen LogP contribution in [-0.2, 0) is 25.8 Å². The number of aromatic nitrogens is 1. The number of halogens is 3. The fourth-order valence-corrected chi connectivity index (χ4v) is 7.79. The molecule has 0 unspecified atom stereocenters. The number of hydrogen-bond donors (Lipinski definition) is 2. The van der Waals surface area contributed by atoms with Crippen molar-refractivity contribution in [3.63, 3.8) is 0 Å². The summed E-state index contributed by atoms with van der Waals surface area (Å²) in [5, 5.41) is 3.26. The molecule has 2 N–H and O–H groups in total. The van der Waals surface area contributed by atoms with E-state index in [1.54, 1.807) is 25.3 Å². The molecule has 56 heavy (non-hydrogen) atoms. The predicted molar refractivity (Wildman–Crippen MR) is 208 cm³/mol. The number of ether oxygens (including phenoxy) is 2. The van der Waals surface area contributed by atoms with Crippen molar-refractivity contribution in [3.05, 3.63) is 136 Å². The zero-order chi connectivity index (χ0) is 39.9. The fourth-order valence-electron chi connectivity index (χ4n) is 7.79. The Hall–Kier alpha value is -4.76. The topological polar surface area (TPSA) is 121 Å². The third-order valence-electron chi connectivity index (χ3n) is 10.3. The first-order chi connectivity index (χ1) is 26.8. The molecule has 3 heterocycles. The Balaban J connectivity index is 0.00000100. The van der Waals surface area contributed by atoms with Gasteiger partial charge in [0.05, 0.1) is 29.4 Å². The molecule has 0 radical (unpaired) electrons. The van der Waals surface area contributed by atoms with Crippen LogP contribution in [0.15, 0.2) is 108 Å². The highest BCUT2D eigenvalue weighted by molar-refractivity contribution is 7.85. The Bertz CT molecular complexity index is 2040. The van der Waals surface area contributed by atoms with Gasteiger partial charge < -0.3 is 14.8 Å². The molecule has 0 spiro atoms. The average Bonchev–Trinajstić information content (AvgIpc) is 3.68. The van der Waals surface area contributed by atoms with Gasteiger partial charge in [-0.1, -0.05) is 78.9 Å². The highest BCUT2D eigenvalue weighted by Crippen LogP contribution is 2.49. The standard InChI is InChI=1S/C41H43F3N4O3.CH4O3S/c1-28-35(40(49)50-27-26-47-22-24-48(25-23-47)38(29-12-4-2-5-13-29)30-14-6-3-7-15-30)36(32-18-10-11-19-33(32)41(42,43)44)37-34(46-28)20-21-45-39(37)51-31-16-8-9-17-31;1-5(2,3)4/h2-7,10-15,18-21,31,36,38,46H,8-9,16-17,22-27H2,1H3;1H3,(H,2,3,4)/t36-;/m0./s1. The first-order valence-corrected chi connectivity index (χ1v) is 20.6. The van der Waals surface area contributed by atoms with Crippen LogP contribution < -0.4 is 10.1 Å². The number of pyridine rings is 1. The number of nitrogens with zero attached hydrogens (tertiary/aromatic N) is 3. The SMILES string of the molecule is CC1=C(C(=O)OCCN2CCN(C(c3ccccc3)c3ccccc3)CC2)[C@H](c2ccccc2C(F)(F)F)c2c(ccnc2OC2CCCC2)N1.CS(=O)(=O)O. The smallest absolute Gasteiger partial charge is 0.416 e. The van der Waals surface area contributed by atoms with Gasteiger partial charge in [0.25, 0.3) is 10.1 Å². The van der Waals surface area contributed by atoms with E-state index in [1.807, 2.05) is 12.1 Å². The third-order valence-corrected chi connectivity index (χ3v) is 10.3. The molecule has 14 heteroatoms. The van der Waals surface area contributed by atoms with Gasteiger partial charge in [-0.05, 0) is 61.4 Å². The maximum Gasteiger partial charge on any atom is 0.416 e. The second kappa shape index (κ2) is 18.0. The molecule has 0 amide bonds. The van der Waals surface area contributed by atoms with Gasteiger partial charge in [-0.2, -0.15) is 21.6 Å². The molecule has 7 rings (SSSR count).